The van der Waals surface area contributed by atoms with Crippen LogP contribution in [-0.4, -0.2) is 24.9 Å². The van der Waals surface area contributed by atoms with Crippen molar-refractivity contribution in [2.75, 3.05) is 0 Å². The van der Waals surface area contributed by atoms with Crippen LogP contribution in [-0.2, 0) is 13.0 Å². The lowest BCUT2D eigenvalue weighted by atomic mass is 10.1. The molecule has 0 amide bonds. The molecule has 0 aliphatic carbocycles. The first-order chi connectivity index (χ1) is 12.3. The van der Waals surface area contributed by atoms with Crippen molar-refractivity contribution >= 4 is 0 Å². The van der Waals surface area contributed by atoms with Gasteiger partial charge < -0.3 is 4.52 Å². The minimum Gasteiger partial charge on any atom is -0.338 e. The minimum atomic E-state index is -0.249. The van der Waals surface area contributed by atoms with E-state index in [1.54, 1.807) is 24.5 Å². The first kappa shape index (κ1) is 15.2. The van der Waals surface area contributed by atoms with E-state index < -0.39 is 0 Å². The van der Waals surface area contributed by atoms with Crippen LogP contribution in [0.4, 0.5) is 4.39 Å². The number of benzene rings is 1. The summed E-state index contributed by atoms with van der Waals surface area (Å²) in [5.41, 5.74) is 3.77. The molecule has 0 bridgehead atoms. The molecule has 0 aliphatic rings. The van der Waals surface area contributed by atoms with Gasteiger partial charge in [-0.15, -0.1) is 0 Å². The molecule has 0 unspecified atom stereocenters. The van der Waals surface area contributed by atoms with Crippen LogP contribution in [0.2, 0.25) is 0 Å². The molecule has 0 fully saturated rings. The van der Waals surface area contributed by atoms with E-state index in [1.165, 1.54) is 18.5 Å². The van der Waals surface area contributed by atoms with Crippen molar-refractivity contribution in [1.29, 1.82) is 0 Å². The molecule has 1 aromatic carbocycles. The predicted octanol–water partition coefficient (Wildman–Crippen LogP) is 3.11. The fourth-order valence-electron chi connectivity index (χ4n) is 2.60. The standard InChI is InChI=1S/C18H14FN5O/c19-15-3-1-13(2-4-15)9-16-10-17(14-5-7-20-8-6-14)23-24(16)11-18-21-12-22-25-18/h1-8,10,12H,9,11H2. The highest BCUT2D eigenvalue weighted by Gasteiger charge is 2.13. The van der Waals surface area contributed by atoms with Crippen molar-refractivity contribution in [2.24, 2.45) is 0 Å². The van der Waals surface area contributed by atoms with Crippen molar-refractivity contribution in [3.8, 4) is 11.3 Å². The first-order valence-corrected chi connectivity index (χ1v) is 7.75. The second-order valence-electron chi connectivity index (χ2n) is 5.55. The molecule has 0 N–H and O–H groups in total. The number of aromatic nitrogens is 5. The summed E-state index contributed by atoms with van der Waals surface area (Å²) in [5, 5.41) is 8.29. The van der Waals surface area contributed by atoms with Gasteiger partial charge in [-0.3, -0.25) is 9.67 Å². The zero-order chi connectivity index (χ0) is 17.1. The maximum atomic E-state index is 13.1. The molecule has 4 aromatic rings. The number of pyridine rings is 1. The maximum Gasteiger partial charge on any atom is 0.248 e. The fraction of sp³-hybridized carbons (Fsp3) is 0.111. The molecule has 25 heavy (non-hydrogen) atoms. The lowest BCUT2D eigenvalue weighted by Crippen LogP contribution is -2.07. The Balaban J connectivity index is 1.69. The Kier molecular flexibility index (Phi) is 4.04. The molecular formula is C18H14FN5O. The van der Waals surface area contributed by atoms with Gasteiger partial charge in [-0.05, 0) is 35.9 Å². The molecule has 0 aliphatic heterocycles. The molecule has 124 valence electrons. The highest BCUT2D eigenvalue weighted by molar-refractivity contribution is 5.58. The zero-order valence-corrected chi connectivity index (χ0v) is 13.2. The van der Waals surface area contributed by atoms with Crippen LogP contribution in [0.1, 0.15) is 17.1 Å². The van der Waals surface area contributed by atoms with E-state index in [0.717, 1.165) is 22.5 Å². The smallest absolute Gasteiger partial charge is 0.248 e. The van der Waals surface area contributed by atoms with E-state index in [-0.39, 0.29) is 5.82 Å². The Morgan fingerprint density at radius 3 is 2.56 bits per heavy atom. The Hall–Kier alpha value is -3.35. The molecule has 7 heteroatoms. The topological polar surface area (TPSA) is 69.6 Å². The molecule has 0 saturated carbocycles. The second-order valence-corrected chi connectivity index (χ2v) is 5.55. The summed E-state index contributed by atoms with van der Waals surface area (Å²) in [7, 11) is 0. The van der Waals surface area contributed by atoms with Crippen molar-refractivity contribution in [2.45, 2.75) is 13.0 Å². The molecule has 0 spiro atoms. The van der Waals surface area contributed by atoms with Gasteiger partial charge >= 0.3 is 0 Å². The summed E-state index contributed by atoms with van der Waals surface area (Å²) < 4.78 is 20.0. The Morgan fingerprint density at radius 1 is 1.04 bits per heavy atom. The molecular weight excluding hydrogens is 321 g/mol. The monoisotopic (exact) mass is 335 g/mol. The fourth-order valence-corrected chi connectivity index (χ4v) is 2.60. The van der Waals surface area contributed by atoms with Crippen LogP contribution < -0.4 is 0 Å². The third-order valence-electron chi connectivity index (χ3n) is 3.83. The highest BCUT2D eigenvalue weighted by Crippen LogP contribution is 2.21. The number of halogens is 1. The van der Waals surface area contributed by atoms with Crippen LogP contribution in [0.5, 0.6) is 0 Å². The number of hydrogen-bond acceptors (Lipinski definition) is 5. The third kappa shape index (κ3) is 3.45. The maximum absolute atomic E-state index is 13.1. The Morgan fingerprint density at radius 2 is 1.84 bits per heavy atom. The first-order valence-electron chi connectivity index (χ1n) is 7.75. The normalized spacial score (nSPS) is 10.9. The lowest BCUT2D eigenvalue weighted by molar-refractivity contribution is 0.363. The summed E-state index contributed by atoms with van der Waals surface area (Å²) >= 11 is 0. The van der Waals surface area contributed by atoms with E-state index in [1.807, 2.05) is 22.9 Å². The van der Waals surface area contributed by atoms with E-state index in [0.29, 0.717) is 18.9 Å². The van der Waals surface area contributed by atoms with Crippen LogP contribution in [0.15, 0.2) is 65.7 Å². The van der Waals surface area contributed by atoms with E-state index >= 15 is 0 Å². The molecule has 0 atom stereocenters. The van der Waals surface area contributed by atoms with Gasteiger partial charge in [-0.25, -0.2) is 4.39 Å². The van der Waals surface area contributed by atoms with Gasteiger partial charge in [0.15, 0.2) is 6.33 Å². The number of hydrogen-bond donors (Lipinski definition) is 0. The van der Waals surface area contributed by atoms with Gasteiger partial charge in [0.05, 0.1) is 5.69 Å². The van der Waals surface area contributed by atoms with E-state index in [2.05, 4.69) is 20.2 Å². The van der Waals surface area contributed by atoms with Crippen LogP contribution in [0.3, 0.4) is 0 Å². The highest BCUT2D eigenvalue weighted by atomic mass is 19.1. The second kappa shape index (κ2) is 6.64. The largest absolute Gasteiger partial charge is 0.338 e. The van der Waals surface area contributed by atoms with Gasteiger partial charge in [0.1, 0.15) is 12.4 Å². The van der Waals surface area contributed by atoms with Crippen molar-refractivity contribution in [3.05, 3.63) is 84.2 Å². The van der Waals surface area contributed by atoms with Gasteiger partial charge in [-0.2, -0.15) is 10.1 Å². The average Bonchev–Trinajstić information content (AvgIpc) is 3.29. The SMILES string of the molecule is Fc1ccc(Cc2cc(-c3ccncc3)nn2Cc2ncno2)cc1. The molecule has 4 rings (SSSR count). The predicted molar refractivity (Wildman–Crippen MR) is 88.1 cm³/mol. The average molecular weight is 335 g/mol. The molecule has 0 radical (unpaired) electrons. The quantitative estimate of drug-likeness (QED) is 0.560. The van der Waals surface area contributed by atoms with Crippen LogP contribution in [0.25, 0.3) is 11.3 Å². The van der Waals surface area contributed by atoms with E-state index in [4.69, 9.17) is 4.52 Å². The zero-order valence-electron chi connectivity index (χ0n) is 13.2. The van der Waals surface area contributed by atoms with Crippen LogP contribution in [0, 0.1) is 5.82 Å². The van der Waals surface area contributed by atoms with Gasteiger partial charge in [0.2, 0.25) is 5.89 Å². The van der Waals surface area contributed by atoms with E-state index in [9.17, 15) is 4.39 Å². The molecule has 3 heterocycles. The summed E-state index contributed by atoms with van der Waals surface area (Å²) in [6.07, 6.45) is 5.44. The number of nitrogens with zero attached hydrogens (tertiary/aromatic N) is 5. The van der Waals surface area contributed by atoms with Crippen LogP contribution >= 0.6 is 0 Å². The summed E-state index contributed by atoms with van der Waals surface area (Å²) in [6, 6.07) is 12.3. The third-order valence-corrected chi connectivity index (χ3v) is 3.83. The van der Waals surface area contributed by atoms with Crippen molar-refractivity contribution < 1.29 is 8.91 Å². The summed E-state index contributed by atoms with van der Waals surface area (Å²) in [6.45, 7) is 0.377. The molecule has 6 nitrogen and oxygen atoms in total. The van der Waals surface area contributed by atoms with Gasteiger partial charge in [0, 0.05) is 30.1 Å². The number of rotatable bonds is 5. The van der Waals surface area contributed by atoms with Crippen molar-refractivity contribution in [3.63, 3.8) is 0 Å². The van der Waals surface area contributed by atoms with Gasteiger partial charge in [0.25, 0.3) is 0 Å². The van der Waals surface area contributed by atoms with Crippen molar-refractivity contribution in [1.82, 2.24) is 24.9 Å². The summed E-state index contributed by atoms with van der Waals surface area (Å²) in [5.74, 6) is 0.227. The lowest BCUT2D eigenvalue weighted by Gasteiger charge is -2.05. The molecule has 0 saturated heterocycles. The summed E-state index contributed by atoms with van der Waals surface area (Å²) in [4.78, 5) is 8.09. The minimum absolute atomic E-state index is 0.249. The molecule has 3 aromatic heterocycles. The Labute approximate surface area is 143 Å². The Bertz CT molecular complexity index is 949. The van der Waals surface area contributed by atoms with Gasteiger partial charge in [-0.1, -0.05) is 17.3 Å².